The first-order valence-corrected chi connectivity index (χ1v) is 7.18. The number of hydrogen-bond acceptors (Lipinski definition) is 2. The molecule has 7 heteroatoms. The second-order valence-corrected chi connectivity index (χ2v) is 5.42. The summed E-state index contributed by atoms with van der Waals surface area (Å²) >= 11 is 5.75. The van der Waals surface area contributed by atoms with Crippen molar-refractivity contribution in [3.05, 3.63) is 34.3 Å². The monoisotopic (exact) mass is 324 g/mol. The topological polar surface area (TPSA) is 15.3 Å². The summed E-state index contributed by atoms with van der Waals surface area (Å²) in [5.74, 6) is 0. The highest BCUT2D eigenvalue weighted by Crippen LogP contribution is 2.37. The minimum atomic E-state index is -4.47. The van der Waals surface area contributed by atoms with E-state index in [4.69, 9.17) is 11.6 Å². The molecule has 0 radical (unpaired) electrons. The van der Waals surface area contributed by atoms with Crippen LogP contribution in [0.3, 0.4) is 0 Å². The third kappa shape index (κ3) is 4.08. The van der Waals surface area contributed by atoms with Crippen molar-refractivity contribution in [2.75, 3.05) is 32.9 Å². The van der Waals surface area contributed by atoms with Crippen molar-refractivity contribution in [2.24, 2.45) is 0 Å². The Balaban J connectivity index is 2.26. The summed E-state index contributed by atoms with van der Waals surface area (Å²) in [6, 6.07) is 3.45. The molecule has 0 aromatic heterocycles. The van der Waals surface area contributed by atoms with E-state index in [1.54, 1.807) is 0 Å². The summed E-state index contributed by atoms with van der Waals surface area (Å²) in [5.41, 5.74) is -0.222. The summed E-state index contributed by atoms with van der Waals surface area (Å²) in [4.78, 5) is 2.08. The molecular formula is C14H17ClF4N2. The van der Waals surface area contributed by atoms with Crippen LogP contribution in [0.15, 0.2) is 18.2 Å². The molecule has 0 saturated carbocycles. The Labute approximate surface area is 126 Å². The Morgan fingerprint density at radius 2 is 1.90 bits per heavy atom. The molecule has 1 atom stereocenters. The highest BCUT2D eigenvalue weighted by Gasteiger charge is 2.33. The molecule has 0 aliphatic carbocycles. The molecule has 0 amide bonds. The van der Waals surface area contributed by atoms with E-state index < -0.39 is 18.4 Å². The van der Waals surface area contributed by atoms with Crippen LogP contribution in [0.2, 0.25) is 5.02 Å². The highest BCUT2D eigenvalue weighted by atomic mass is 35.5. The summed E-state index contributed by atoms with van der Waals surface area (Å²) in [6.45, 7) is 2.54. The normalized spacial score (nSPS) is 18.7. The smallest absolute Gasteiger partial charge is 0.314 e. The van der Waals surface area contributed by atoms with Crippen molar-refractivity contribution in [1.82, 2.24) is 10.2 Å². The van der Waals surface area contributed by atoms with Crippen LogP contribution in [0.25, 0.3) is 0 Å². The molecule has 2 rings (SSSR count). The fourth-order valence-corrected chi connectivity index (χ4v) is 2.92. The van der Waals surface area contributed by atoms with Crippen LogP contribution < -0.4 is 5.32 Å². The number of nitrogens with zero attached hydrogens (tertiary/aromatic N) is 1. The first kappa shape index (κ1) is 16.5. The zero-order valence-corrected chi connectivity index (χ0v) is 12.1. The van der Waals surface area contributed by atoms with Gasteiger partial charge < -0.3 is 5.32 Å². The average Bonchev–Trinajstić information content (AvgIpc) is 2.44. The summed E-state index contributed by atoms with van der Waals surface area (Å²) in [6.07, 6.45) is -4.22. The molecule has 1 heterocycles. The second kappa shape index (κ2) is 6.94. The van der Waals surface area contributed by atoms with E-state index in [0.717, 1.165) is 32.2 Å². The summed E-state index contributed by atoms with van der Waals surface area (Å²) in [5, 5.41) is 2.86. The fourth-order valence-electron chi connectivity index (χ4n) is 2.63. The number of piperazine rings is 1. The number of hydrogen-bond donors (Lipinski definition) is 1. The Hall–Kier alpha value is -0.850. The van der Waals surface area contributed by atoms with Crippen molar-refractivity contribution >= 4 is 11.6 Å². The van der Waals surface area contributed by atoms with Crippen molar-refractivity contribution in [3.8, 4) is 0 Å². The summed E-state index contributed by atoms with van der Waals surface area (Å²) < 4.78 is 51.0. The van der Waals surface area contributed by atoms with Gasteiger partial charge in [0.1, 0.15) is 0 Å². The molecule has 118 valence electrons. The van der Waals surface area contributed by atoms with Crippen LogP contribution in [-0.2, 0) is 6.18 Å². The first-order valence-electron chi connectivity index (χ1n) is 6.81. The van der Waals surface area contributed by atoms with Crippen molar-refractivity contribution in [3.63, 3.8) is 0 Å². The van der Waals surface area contributed by atoms with Crippen LogP contribution >= 0.6 is 11.6 Å². The van der Waals surface area contributed by atoms with Gasteiger partial charge in [-0.1, -0.05) is 17.7 Å². The van der Waals surface area contributed by atoms with Gasteiger partial charge in [0.05, 0.1) is 17.3 Å². The maximum absolute atomic E-state index is 12.8. The van der Waals surface area contributed by atoms with E-state index in [1.807, 2.05) is 0 Å². The first-order chi connectivity index (χ1) is 9.93. The number of rotatable bonds is 4. The van der Waals surface area contributed by atoms with Gasteiger partial charge in [-0.15, -0.1) is 0 Å². The SMILES string of the molecule is FCC[C@@H](c1ccc(C(F)(F)F)c(Cl)c1)N1CCNCC1. The van der Waals surface area contributed by atoms with Gasteiger partial charge in [-0.3, -0.25) is 9.29 Å². The van der Waals surface area contributed by atoms with Gasteiger partial charge in [0.25, 0.3) is 0 Å². The van der Waals surface area contributed by atoms with E-state index in [-0.39, 0.29) is 17.5 Å². The maximum Gasteiger partial charge on any atom is 0.417 e. The Morgan fingerprint density at radius 1 is 1.24 bits per heavy atom. The summed E-state index contributed by atoms with van der Waals surface area (Å²) in [7, 11) is 0. The average molecular weight is 325 g/mol. The molecular weight excluding hydrogens is 308 g/mol. The van der Waals surface area contributed by atoms with E-state index in [0.29, 0.717) is 5.56 Å². The Kier molecular flexibility index (Phi) is 5.46. The molecule has 21 heavy (non-hydrogen) atoms. The quantitative estimate of drug-likeness (QED) is 0.850. The molecule has 1 aliphatic rings. The predicted octanol–water partition coefficient (Wildman–Crippen LogP) is 3.66. The standard InChI is InChI=1S/C14H17ClF4N2/c15-12-9-10(1-2-11(12)14(17,18)19)13(3-4-16)21-7-5-20-6-8-21/h1-2,9,13,20H,3-8H2/t13-/m0/s1. The van der Waals surface area contributed by atoms with E-state index in [9.17, 15) is 17.6 Å². The Bertz CT molecular complexity index is 473. The Morgan fingerprint density at radius 3 is 2.43 bits per heavy atom. The van der Waals surface area contributed by atoms with E-state index >= 15 is 0 Å². The molecule has 1 saturated heterocycles. The van der Waals surface area contributed by atoms with Gasteiger partial charge in [-0.05, 0) is 24.1 Å². The zero-order chi connectivity index (χ0) is 15.5. The van der Waals surface area contributed by atoms with Gasteiger partial charge in [0.15, 0.2) is 0 Å². The minimum Gasteiger partial charge on any atom is -0.314 e. The van der Waals surface area contributed by atoms with Crippen LogP contribution in [-0.4, -0.2) is 37.8 Å². The predicted molar refractivity (Wildman–Crippen MR) is 74.2 cm³/mol. The van der Waals surface area contributed by atoms with Gasteiger partial charge in [0, 0.05) is 32.2 Å². The molecule has 1 fully saturated rings. The van der Waals surface area contributed by atoms with Crippen molar-refractivity contribution in [1.29, 1.82) is 0 Å². The van der Waals surface area contributed by atoms with Gasteiger partial charge in [0.2, 0.25) is 0 Å². The highest BCUT2D eigenvalue weighted by molar-refractivity contribution is 6.31. The number of alkyl halides is 4. The van der Waals surface area contributed by atoms with Crippen molar-refractivity contribution < 1.29 is 17.6 Å². The number of benzene rings is 1. The second-order valence-electron chi connectivity index (χ2n) is 5.02. The third-order valence-electron chi connectivity index (χ3n) is 3.66. The van der Waals surface area contributed by atoms with Crippen molar-refractivity contribution in [2.45, 2.75) is 18.6 Å². The van der Waals surface area contributed by atoms with Crippen LogP contribution in [0.5, 0.6) is 0 Å². The van der Waals surface area contributed by atoms with Gasteiger partial charge in [-0.2, -0.15) is 13.2 Å². The molecule has 1 aromatic carbocycles. The lowest BCUT2D eigenvalue weighted by Crippen LogP contribution is -2.45. The minimum absolute atomic E-state index is 0.239. The molecule has 1 aromatic rings. The maximum atomic E-state index is 12.8. The van der Waals surface area contributed by atoms with Crippen LogP contribution in [0.4, 0.5) is 17.6 Å². The van der Waals surface area contributed by atoms with Gasteiger partial charge in [-0.25, -0.2) is 0 Å². The number of halogens is 5. The van der Waals surface area contributed by atoms with E-state index in [1.165, 1.54) is 12.1 Å². The number of nitrogens with one attached hydrogen (secondary N) is 1. The molecule has 0 unspecified atom stereocenters. The van der Waals surface area contributed by atoms with Crippen LogP contribution in [0.1, 0.15) is 23.6 Å². The van der Waals surface area contributed by atoms with E-state index in [2.05, 4.69) is 10.2 Å². The largest absolute Gasteiger partial charge is 0.417 e. The molecule has 0 spiro atoms. The molecule has 1 N–H and O–H groups in total. The zero-order valence-electron chi connectivity index (χ0n) is 11.4. The lowest BCUT2D eigenvalue weighted by atomic mass is 10.00. The molecule has 2 nitrogen and oxygen atoms in total. The van der Waals surface area contributed by atoms with Gasteiger partial charge >= 0.3 is 6.18 Å². The lowest BCUT2D eigenvalue weighted by Gasteiger charge is -2.35. The third-order valence-corrected chi connectivity index (χ3v) is 3.97. The van der Waals surface area contributed by atoms with Crippen LogP contribution in [0, 0.1) is 0 Å². The molecule has 1 aliphatic heterocycles. The molecule has 0 bridgehead atoms. The fraction of sp³-hybridized carbons (Fsp3) is 0.571. The lowest BCUT2D eigenvalue weighted by molar-refractivity contribution is -0.137.